The molecule has 0 fully saturated rings. The van der Waals surface area contributed by atoms with Crippen LogP contribution in [0.25, 0.3) is 0 Å². The molecule has 1 aliphatic rings. The zero-order valence-electron chi connectivity index (χ0n) is 15.4. The normalized spacial score (nSPS) is 18.8. The first kappa shape index (κ1) is 17.3. The van der Waals surface area contributed by atoms with Gasteiger partial charge in [-0.1, -0.05) is 55.5 Å². The number of fused-ring (bicyclic) bond motifs is 1. The lowest BCUT2D eigenvalue weighted by Crippen LogP contribution is -2.42. The van der Waals surface area contributed by atoms with Gasteiger partial charge in [0.15, 0.2) is 0 Å². The van der Waals surface area contributed by atoms with E-state index in [9.17, 15) is 4.79 Å². The maximum Gasteiger partial charge on any atom is 0.231 e. The van der Waals surface area contributed by atoms with E-state index >= 15 is 0 Å². The summed E-state index contributed by atoms with van der Waals surface area (Å²) < 4.78 is 7.42. The Morgan fingerprint density at radius 1 is 1.11 bits per heavy atom. The Morgan fingerprint density at radius 3 is 2.59 bits per heavy atom. The number of anilines is 1. The van der Waals surface area contributed by atoms with Gasteiger partial charge in [-0.05, 0) is 18.1 Å². The molecule has 1 aliphatic heterocycles. The summed E-state index contributed by atoms with van der Waals surface area (Å²) in [6.07, 6.45) is 2.63. The summed E-state index contributed by atoms with van der Waals surface area (Å²) in [4.78, 5) is 19.0. The Morgan fingerprint density at radius 2 is 1.85 bits per heavy atom. The number of para-hydroxylation sites is 1. The molecule has 3 aromatic rings. The van der Waals surface area contributed by atoms with Gasteiger partial charge in [-0.2, -0.15) is 10.1 Å². The average Bonchev–Trinajstić information content (AvgIpc) is 3.22. The molecule has 0 aliphatic carbocycles. The van der Waals surface area contributed by atoms with E-state index in [1.807, 2.05) is 54.1 Å². The van der Waals surface area contributed by atoms with Crippen LogP contribution in [0, 0.1) is 0 Å². The van der Waals surface area contributed by atoms with E-state index < -0.39 is 0 Å². The molecule has 0 bridgehead atoms. The maximum absolute atomic E-state index is 12.8. The predicted octanol–water partition coefficient (Wildman–Crippen LogP) is 3.76. The lowest BCUT2D eigenvalue weighted by Gasteiger charge is -2.39. The number of carbonyl (C=O) groups is 1. The van der Waals surface area contributed by atoms with Gasteiger partial charge in [-0.3, -0.25) is 9.69 Å². The van der Waals surface area contributed by atoms with Crippen LogP contribution in [0.4, 0.5) is 5.95 Å². The number of rotatable bonds is 4. The van der Waals surface area contributed by atoms with E-state index in [4.69, 9.17) is 4.74 Å². The Kier molecular flexibility index (Phi) is 4.62. The van der Waals surface area contributed by atoms with E-state index in [0.717, 1.165) is 16.9 Å². The van der Waals surface area contributed by atoms with Crippen molar-refractivity contribution in [1.82, 2.24) is 14.8 Å². The van der Waals surface area contributed by atoms with Gasteiger partial charge in [0.05, 0.1) is 19.2 Å². The van der Waals surface area contributed by atoms with Crippen LogP contribution in [0.5, 0.6) is 5.75 Å². The summed E-state index contributed by atoms with van der Waals surface area (Å²) in [6.45, 7) is 1.87. The summed E-state index contributed by atoms with van der Waals surface area (Å²) in [5.74, 6) is 1.43. The standard InChI is InChI=1S/C21H22N4O2/c1-3-20(26)24-17(15-9-5-4-6-10-15)13-18(25-21(24)22-14-23-25)16-11-7-8-12-19(16)27-2/h4-12,14,17-18H,3,13H2,1-2H3/t17-,18+/m0/s1. The molecule has 1 amide bonds. The van der Waals surface area contributed by atoms with Crippen LogP contribution in [-0.4, -0.2) is 27.8 Å². The van der Waals surface area contributed by atoms with Crippen molar-refractivity contribution in [2.24, 2.45) is 0 Å². The SMILES string of the molecule is CCC(=O)N1c2ncnn2[C@@H](c2ccccc2OC)C[C@H]1c1ccccc1. The molecule has 2 heterocycles. The summed E-state index contributed by atoms with van der Waals surface area (Å²) in [5, 5.41) is 4.44. The molecule has 27 heavy (non-hydrogen) atoms. The zero-order valence-corrected chi connectivity index (χ0v) is 15.4. The molecule has 6 nitrogen and oxygen atoms in total. The average molecular weight is 362 g/mol. The van der Waals surface area contributed by atoms with Crippen molar-refractivity contribution in [3.8, 4) is 5.75 Å². The van der Waals surface area contributed by atoms with Gasteiger partial charge in [0, 0.05) is 12.0 Å². The molecule has 0 unspecified atom stereocenters. The third kappa shape index (κ3) is 2.97. The zero-order chi connectivity index (χ0) is 18.8. The lowest BCUT2D eigenvalue weighted by atomic mass is 9.91. The summed E-state index contributed by atoms with van der Waals surface area (Å²) in [5.41, 5.74) is 2.13. The topological polar surface area (TPSA) is 60.2 Å². The van der Waals surface area contributed by atoms with Gasteiger partial charge in [0.1, 0.15) is 12.1 Å². The number of ether oxygens (including phenoxy) is 1. The highest BCUT2D eigenvalue weighted by Crippen LogP contribution is 2.43. The van der Waals surface area contributed by atoms with Crippen LogP contribution in [-0.2, 0) is 4.79 Å². The molecule has 4 rings (SSSR count). The van der Waals surface area contributed by atoms with Crippen LogP contribution in [0.2, 0.25) is 0 Å². The van der Waals surface area contributed by atoms with Gasteiger partial charge in [0.25, 0.3) is 0 Å². The lowest BCUT2D eigenvalue weighted by molar-refractivity contribution is -0.119. The minimum atomic E-state index is -0.106. The van der Waals surface area contributed by atoms with Crippen molar-refractivity contribution in [3.63, 3.8) is 0 Å². The number of nitrogens with zero attached hydrogens (tertiary/aromatic N) is 4. The molecule has 1 aromatic heterocycles. The number of amides is 1. The van der Waals surface area contributed by atoms with Crippen LogP contribution in [0.1, 0.15) is 43.0 Å². The third-order valence-corrected chi connectivity index (χ3v) is 5.08. The maximum atomic E-state index is 12.8. The van der Waals surface area contributed by atoms with Crippen molar-refractivity contribution in [2.45, 2.75) is 31.8 Å². The first-order valence-corrected chi connectivity index (χ1v) is 9.14. The van der Waals surface area contributed by atoms with Crippen molar-refractivity contribution < 1.29 is 9.53 Å². The second-order valence-corrected chi connectivity index (χ2v) is 6.54. The van der Waals surface area contributed by atoms with Gasteiger partial charge in [0.2, 0.25) is 11.9 Å². The first-order chi connectivity index (χ1) is 13.2. The second-order valence-electron chi connectivity index (χ2n) is 6.54. The molecule has 0 saturated heterocycles. The van der Waals surface area contributed by atoms with Gasteiger partial charge in [-0.15, -0.1) is 0 Å². The summed E-state index contributed by atoms with van der Waals surface area (Å²) in [7, 11) is 1.67. The van der Waals surface area contributed by atoms with E-state index in [-0.39, 0.29) is 18.0 Å². The Hall–Kier alpha value is -3.15. The van der Waals surface area contributed by atoms with Crippen LogP contribution >= 0.6 is 0 Å². The number of hydrogen-bond acceptors (Lipinski definition) is 4. The molecule has 0 radical (unpaired) electrons. The van der Waals surface area contributed by atoms with E-state index in [2.05, 4.69) is 22.2 Å². The van der Waals surface area contributed by atoms with Crippen molar-refractivity contribution >= 4 is 11.9 Å². The number of methoxy groups -OCH3 is 1. The fourth-order valence-electron chi connectivity index (χ4n) is 3.81. The molecular weight excluding hydrogens is 340 g/mol. The minimum absolute atomic E-state index is 0.0385. The Labute approximate surface area is 158 Å². The minimum Gasteiger partial charge on any atom is -0.496 e. The van der Waals surface area contributed by atoms with Crippen molar-refractivity contribution in [3.05, 3.63) is 72.1 Å². The number of benzene rings is 2. The fourth-order valence-corrected chi connectivity index (χ4v) is 3.81. The van der Waals surface area contributed by atoms with Crippen LogP contribution in [0.15, 0.2) is 60.9 Å². The highest BCUT2D eigenvalue weighted by atomic mass is 16.5. The largest absolute Gasteiger partial charge is 0.496 e. The Balaban J connectivity index is 1.87. The first-order valence-electron chi connectivity index (χ1n) is 9.14. The number of aromatic nitrogens is 3. The quantitative estimate of drug-likeness (QED) is 0.709. The molecule has 0 saturated carbocycles. The van der Waals surface area contributed by atoms with E-state index in [0.29, 0.717) is 18.8 Å². The number of carbonyl (C=O) groups excluding carboxylic acids is 1. The van der Waals surface area contributed by atoms with Crippen molar-refractivity contribution in [2.75, 3.05) is 12.0 Å². The van der Waals surface area contributed by atoms with Gasteiger partial charge < -0.3 is 4.74 Å². The third-order valence-electron chi connectivity index (χ3n) is 5.08. The summed E-state index contributed by atoms with van der Waals surface area (Å²) in [6, 6.07) is 17.9. The molecule has 138 valence electrons. The van der Waals surface area contributed by atoms with Crippen LogP contribution in [0.3, 0.4) is 0 Å². The van der Waals surface area contributed by atoms with Crippen molar-refractivity contribution in [1.29, 1.82) is 0 Å². The molecule has 6 heteroatoms. The molecule has 2 atom stereocenters. The monoisotopic (exact) mass is 362 g/mol. The number of hydrogen-bond donors (Lipinski definition) is 0. The predicted molar refractivity (Wildman–Crippen MR) is 103 cm³/mol. The highest BCUT2D eigenvalue weighted by Gasteiger charge is 2.39. The fraction of sp³-hybridized carbons (Fsp3) is 0.286. The molecule has 0 spiro atoms. The van der Waals surface area contributed by atoms with Gasteiger partial charge >= 0.3 is 0 Å². The molecule has 2 aromatic carbocycles. The molecular formula is C21H22N4O2. The molecule has 0 N–H and O–H groups in total. The second kappa shape index (κ2) is 7.23. The Bertz CT molecular complexity index is 938. The summed E-state index contributed by atoms with van der Waals surface area (Å²) >= 11 is 0. The van der Waals surface area contributed by atoms with E-state index in [1.54, 1.807) is 12.0 Å². The van der Waals surface area contributed by atoms with E-state index in [1.165, 1.54) is 6.33 Å². The van der Waals surface area contributed by atoms with Crippen LogP contribution < -0.4 is 9.64 Å². The van der Waals surface area contributed by atoms with Gasteiger partial charge in [-0.25, -0.2) is 4.68 Å². The smallest absolute Gasteiger partial charge is 0.231 e. The highest BCUT2D eigenvalue weighted by molar-refractivity contribution is 5.92.